The summed E-state index contributed by atoms with van der Waals surface area (Å²) >= 11 is 0. The number of fused-ring (bicyclic) bond motifs is 1. The van der Waals surface area contributed by atoms with E-state index < -0.39 is 0 Å². The molecular weight excluding hydrogens is 312 g/mol. The van der Waals surface area contributed by atoms with Crippen molar-refractivity contribution in [2.24, 2.45) is 0 Å². The first-order chi connectivity index (χ1) is 12.2. The van der Waals surface area contributed by atoms with Gasteiger partial charge in [0.05, 0.1) is 0 Å². The van der Waals surface area contributed by atoms with E-state index in [9.17, 15) is 4.79 Å². The van der Waals surface area contributed by atoms with Gasteiger partial charge in [-0.25, -0.2) is 4.79 Å². The molecule has 4 nitrogen and oxygen atoms in total. The number of benzene rings is 2. The number of carbonyl (C=O) groups excluding carboxylic acids is 1. The lowest BCUT2D eigenvalue weighted by Gasteiger charge is -2.18. The number of urea groups is 1. The standard InChI is InChI=1S/C21H24N2O2/c1-15-12-18(22-21(24)23-10-4-5-11-23)8-9-20(15)25-19-13-16-6-2-3-7-17(16)14-19/h2-3,6-9,12,19H,4-5,10-11,13-14H2,1H3,(H,22,24). The SMILES string of the molecule is Cc1cc(NC(=O)N2CCCC2)ccc1OC1Cc2ccccc2C1. The molecule has 1 fully saturated rings. The van der Waals surface area contributed by atoms with E-state index in [1.54, 1.807) is 0 Å². The highest BCUT2D eigenvalue weighted by atomic mass is 16.5. The van der Waals surface area contributed by atoms with Gasteiger partial charge in [0.2, 0.25) is 0 Å². The fraction of sp³-hybridized carbons (Fsp3) is 0.381. The maximum atomic E-state index is 12.2. The fourth-order valence-electron chi connectivity index (χ4n) is 3.76. The Morgan fingerprint density at radius 1 is 1.08 bits per heavy atom. The number of anilines is 1. The number of likely N-dealkylation sites (tertiary alicyclic amines) is 1. The molecule has 4 heteroatoms. The predicted octanol–water partition coefficient (Wildman–Crippen LogP) is 4.17. The third kappa shape index (κ3) is 3.48. The molecule has 0 spiro atoms. The highest BCUT2D eigenvalue weighted by Gasteiger charge is 2.23. The number of amides is 2. The van der Waals surface area contributed by atoms with Crippen LogP contribution in [0.5, 0.6) is 5.75 Å². The average molecular weight is 336 g/mol. The lowest BCUT2D eigenvalue weighted by molar-refractivity contribution is 0.212. The lowest BCUT2D eigenvalue weighted by Crippen LogP contribution is -2.32. The van der Waals surface area contributed by atoms with E-state index in [4.69, 9.17) is 4.74 Å². The molecule has 2 aromatic rings. The second kappa shape index (κ2) is 6.79. The number of nitrogens with zero attached hydrogens (tertiary/aromatic N) is 1. The van der Waals surface area contributed by atoms with Crippen LogP contribution in [0.4, 0.5) is 10.5 Å². The molecular formula is C21H24N2O2. The number of nitrogens with one attached hydrogen (secondary N) is 1. The van der Waals surface area contributed by atoms with Gasteiger partial charge in [0, 0.05) is 31.6 Å². The molecule has 1 aliphatic carbocycles. The molecule has 4 rings (SSSR count). The van der Waals surface area contributed by atoms with Crippen molar-refractivity contribution in [2.75, 3.05) is 18.4 Å². The van der Waals surface area contributed by atoms with Crippen molar-refractivity contribution in [3.8, 4) is 5.75 Å². The minimum atomic E-state index is -0.00295. The molecule has 0 radical (unpaired) electrons. The largest absolute Gasteiger partial charge is 0.489 e. The molecule has 0 atom stereocenters. The zero-order valence-corrected chi connectivity index (χ0v) is 14.6. The Kier molecular flexibility index (Phi) is 4.35. The average Bonchev–Trinajstić information content (AvgIpc) is 3.26. The summed E-state index contributed by atoms with van der Waals surface area (Å²) in [6.07, 6.45) is 4.32. The van der Waals surface area contributed by atoms with E-state index in [-0.39, 0.29) is 12.1 Å². The van der Waals surface area contributed by atoms with Gasteiger partial charge in [0.1, 0.15) is 11.9 Å². The first kappa shape index (κ1) is 16.0. The minimum Gasteiger partial charge on any atom is -0.489 e. The topological polar surface area (TPSA) is 41.6 Å². The van der Waals surface area contributed by atoms with Crippen LogP contribution in [0.1, 0.15) is 29.5 Å². The summed E-state index contributed by atoms with van der Waals surface area (Å²) in [7, 11) is 0. The summed E-state index contributed by atoms with van der Waals surface area (Å²) in [5.74, 6) is 0.900. The van der Waals surface area contributed by atoms with Crippen LogP contribution >= 0.6 is 0 Å². The molecule has 2 amide bonds. The van der Waals surface area contributed by atoms with Crippen LogP contribution in [0.25, 0.3) is 0 Å². The van der Waals surface area contributed by atoms with Gasteiger partial charge in [-0.15, -0.1) is 0 Å². The lowest BCUT2D eigenvalue weighted by atomic mass is 10.1. The van der Waals surface area contributed by atoms with Crippen LogP contribution in [0.15, 0.2) is 42.5 Å². The minimum absolute atomic E-state index is 0.00295. The van der Waals surface area contributed by atoms with Gasteiger partial charge >= 0.3 is 6.03 Å². The van der Waals surface area contributed by atoms with E-state index in [1.165, 1.54) is 11.1 Å². The summed E-state index contributed by atoms with van der Waals surface area (Å²) in [4.78, 5) is 14.1. The molecule has 2 aliphatic rings. The Morgan fingerprint density at radius 2 is 1.76 bits per heavy atom. The van der Waals surface area contributed by atoms with Crippen molar-refractivity contribution >= 4 is 11.7 Å². The van der Waals surface area contributed by atoms with Gasteiger partial charge in [-0.1, -0.05) is 24.3 Å². The molecule has 25 heavy (non-hydrogen) atoms. The quantitative estimate of drug-likeness (QED) is 0.914. The number of hydrogen-bond donors (Lipinski definition) is 1. The van der Waals surface area contributed by atoms with Crippen LogP contribution in [0, 0.1) is 6.92 Å². The number of hydrogen-bond acceptors (Lipinski definition) is 2. The molecule has 2 aromatic carbocycles. The van der Waals surface area contributed by atoms with E-state index in [1.807, 2.05) is 30.0 Å². The number of rotatable bonds is 3. The zero-order valence-electron chi connectivity index (χ0n) is 14.6. The highest BCUT2D eigenvalue weighted by Crippen LogP contribution is 2.29. The number of carbonyl (C=O) groups is 1. The molecule has 1 N–H and O–H groups in total. The predicted molar refractivity (Wildman–Crippen MR) is 99.3 cm³/mol. The van der Waals surface area contributed by atoms with Crippen LogP contribution in [-0.2, 0) is 12.8 Å². The maximum Gasteiger partial charge on any atom is 0.321 e. The van der Waals surface area contributed by atoms with Crippen molar-refractivity contribution in [1.82, 2.24) is 4.90 Å². The summed E-state index contributed by atoms with van der Waals surface area (Å²) < 4.78 is 6.23. The van der Waals surface area contributed by atoms with Crippen molar-refractivity contribution in [3.05, 3.63) is 59.2 Å². The molecule has 130 valence electrons. The molecule has 0 bridgehead atoms. The Hall–Kier alpha value is -2.49. The Morgan fingerprint density at radius 3 is 2.40 bits per heavy atom. The molecule has 0 unspecified atom stereocenters. The summed E-state index contributed by atoms with van der Waals surface area (Å²) in [6.45, 7) is 3.74. The normalized spacial score (nSPS) is 16.8. The third-order valence-corrected chi connectivity index (χ3v) is 5.13. The van der Waals surface area contributed by atoms with E-state index in [0.717, 1.165) is 55.8 Å². The number of ether oxygens (including phenoxy) is 1. The highest BCUT2D eigenvalue weighted by molar-refractivity contribution is 5.89. The smallest absolute Gasteiger partial charge is 0.321 e. The van der Waals surface area contributed by atoms with Gasteiger partial charge in [-0.3, -0.25) is 0 Å². The Labute approximate surface area is 148 Å². The van der Waals surface area contributed by atoms with E-state index in [2.05, 4.69) is 29.6 Å². The second-order valence-electron chi connectivity index (χ2n) is 7.02. The first-order valence-corrected chi connectivity index (χ1v) is 9.09. The van der Waals surface area contributed by atoms with Crippen molar-refractivity contribution in [1.29, 1.82) is 0 Å². The van der Waals surface area contributed by atoms with Crippen molar-refractivity contribution in [2.45, 2.75) is 38.7 Å². The van der Waals surface area contributed by atoms with Crippen LogP contribution in [0.2, 0.25) is 0 Å². The van der Waals surface area contributed by atoms with E-state index >= 15 is 0 Å². The maximum absolute atomic E-state index is 12.2. The zero-order chi connectivity index (χ0) is 17.2. The Balaban J connectivity index is 1.39. The summed E-state index contributed by atoms with van der Waals surface area (Å²) in [6, 6.07) is 14.4. The monoisotopic (exact) mass is 336 g/mol. The molecule has 0 aromatic heterocycles. The molecule has 0 saturated carbocycles. The van der Waals surface area contributed by atoms with Crippen LogP contribution in [0.3, 0.4) is 0 Å². The molecule has 1 saturated heterocycles. The van der Waals surface area contributed by atoms with Gasteiger partial charge in [-0.05, 0) is 54.7 Å². The Bertz CT molecular complexity index is 756. The van der Waals surface area contributed by atoms with Gasteiger partial charge in [0.15, 0.2) is 0 Å². The molecule has 1 aliphatic heterocycles. The fourth-order valence-corrected chi connectivity index (χ4v) is 3.76. The first-order valence-electron chi connectivity index (χ1n) is 9.09. The summed E-state index contributed by atoms with van der Waals surface area (Å²) in [5, 5.41) is 2.99. The number of aryl methyl sites for hydroxylation is 1. The molecule has 1 heterocycles. The van der Waals surface area contributed by atoms with Crippen molar-refractivity contribution < 1.29 is 9.53 Å². The van der Waals surface area contributed by atoms with Gasteiger partial charge in [0.25, 0.3) is 0 Å². The van der Waals surface area contributed by atoms with Crippen molar-refractivity contribution in [3.63, 3.8) is 0 Å². The van der Waals surface area contributed by atoms with E-state index in [0.29, 0.717) is 0 Å². The summed E-state index contributed by atoms with van der Waals surface area (Å²) in [5.41, 5.74) is 4.66. The van der Waals surface area contributed by atoms with Crippen LogP contribution in [-0.4, -0.2) is 30.1 Å². The third-order valence-electron chi connectivity index (χ3n) is 5.13. The second-order valence-corrected chi connectivity index (χ2v) is 7.02. The van der Waals surface area contributed by atoms with Gasteiger partial charge < -0.3 is 15.0 Å². The van der Waals surface area contributed by atoms with Crippen LogP contribution < -0.4 is 10.1 Å². The van der Waals surface area contributed by atoms with Gasteiger partial charge in [-0.2, -0.15) is 0 Å².